The maximum atomic E-state index is 3.43. The zero-order valence-corrected chi connectivity index (χ0v) is 10.9. The maximum absolute atomic E-state index is 3.43. The molecule has 0 amide bonds. The molecule has 1 atom stereocenters. The maximum Gasteiger partial charge on any atom is 0.00388 e. The van der Waals surface area contributed by atoms with E-state index in [1.807, 2.05) is 0 Å². The Bertz CT molecular complexity index is 164. The first-order chi connectivity index (χ1) is 7.13. The van der Waals surface area contributed by atoms with E-state index in [-0.39, 0.29) is 0 Å². The van der Waals surface area contributed by atoms with Gasteiger partial charge in [0.1, 0.15) is 0 Å². The van der Waals surface area contributed by atoms with Crippen molar-refractivity contribution in [3.63, 3.8) is 0 Å². The average Bonchev–Trinajstić information content (AvgIpc) is 2.97. The normalized spacial score (nSPS) is 18.8. The standard InChI is InChI=1S/C13H28N2/c1-5-14-8-12(4)9-15(11(2)3)10-13-6-7-13/h11-14H,5-10H2,1-4H3. The number of hydrogen-bond donors (Lipinski definition) is 1. The summed E-state index contributed by atoms with van der Waals surface area (Å²) in [6.45, 7) is 14.0. The third-order valence-electron chi connectivity index (χ3n) is 3.21. The summed E-state index contributed by atoms with van der Waals surface area (Å²) in [7, 11) is 0. The van der Waals surface area contributed by atoms with Crippen molar-refractivity contribution in [1.82, 2.24) is 10.2 Å². The second kappa shape index (κ2) is 6.49. The van der Waals surface area contributed by atoms with Crippen molar-refractivity contribution in [1.29, 1.82) is 0 Å². The molecule has 90 valence electrons. The van der Waals surface area contributed by atoms with Gasteiger partial charge in [0.05, 0.1) is 0 Å². The lowest BCUT2D eigenvalue weighted by molar-refractivity contribution is 0.183. The first kappa shape index (κ1) is 13.0. The summed E-state index contributed by atoms with van der Waals surface area (Å²) >= 11 is 0. The lowest BCUT2D eigenvalue weighted by Gasteiger charge is -2.29. The van der Waals surface area contributed by atoms with Crippen molar-refractivity contribution in [2.24, 2.45) is 11.8 Å². The summed E-state index contributed by atoms with van der Waals surface area (Å²) in [4.78, 5) is 2.65. The molecule has 0 heterocycles. The third kappa shape index (κ3) is 5.53. The molecule has 1 saturated carbocycles. The Hall–Kier alpha value is -0.0800. The lowest BCUT2D eigenvalue weighted by atomic mass is 10.1. The smallest absolute Gasteiger partial charge is 0.00388 e. The molecule has 1 fully saturated rings. The average molecular weight is 212 g/mol. The predicted molar refractivity (Wildman–Crippen MR) is 67.1 cm³/mol. The molecule has 0 saturated heterocycles. The third-order valence-corrected chi connectivity index (χ3v) is 3.21. The van der Waals surface area contributed by atoms with E-state index in [0.717, 1.165) is 24.9 Å². The van der Waals surface area contributed by atoms with Gasteiger partial charge in [-0.25, -0.2) is 0 Å². The fourth-order valence-corrected chi connectivity index (χ4v) is 1.98. The van der Waals surface area contributed by atoms with Crippen LogP contribution in [0.15, 0.2) is 0 Å². The van der Waals surface area contributed by atoms with Crippen LogP contribution in [0.5, 0.6) is 0 Å². The van der Waals surface area contributed by atoms with E-state index in [0.29, 0.717) is 6.04 Å². The van der Waals surface area contributed by atoms with Gasteiger partial charge in [-0.2, -0.15) is 0 Å². The van der Waals surface area contributed by atoms with Crippen molar-refractivity contribution in [3.05, 3.63) is 0 Å². The Morgan fingerprint density at radius 2 is 1.93 bits per heavy atom. The summed E-state index contributed by atoms with van der Waals surface area (Å²) < 4.78 is 0. The van der Waals surface area contributed by atoms with Crippen LogP contribution in [0.3, 0.4) is 0 Å². The van der Waals surface area contributed by atoms with Gasteiger partial charge in [0.15, 0.2) is 0 Å². The second-order valence-electron chi connectivity index (χ2n) is 5.40. The van der Waals surface area contributed by atoms with Crippen LogP contribution >= 0.6 is 0 Å². The molecular formula is C13H28N2. The van der Waals surface area contributed by atoms with Gasteiger partial charge in [0, 0.05) is 19.1 Å². The highest BCUT2D eigenvalue weighted by molar-refractivity contribution is 4.79. The van der Waals surface area contributed by atoms with Crippen LogP contribution in [0, 0.1) is 11.8 Å². The highest BCUT2D eigenvalue weighted by atomic mass is 15.2. The predicted octanol–water partition coefficient (Wildman–Crippen LogP) is 2.35. The topological polar surface area (TPSA) is 15.3 Å². The lowest BCUT2D eigenvalue weighted by Crippen LogP contribution is -2.38. The molecule has 2 nitrogen and oxygen atoms in total. The van der Waals surface area contributed by atoms with E-state index in [1.165, 1.54) is 25.9 Å². The minimum absolute atomic E-state index is 0.703. The van der Waals surface area contributed by atoms with Crippen LogP contribution in [0.2, 0.25) is 0 Å². The molecule has 1 N–H and O–H groups in total. The molecule has 0 radical (unpaired) electrons. The van der Waals surface area contributed by atoms with Gasteiger partial charge < -0.3 is 10.2 Å². The van der Waals surface area contributed by atoms with Crippen LogP contribution in [0.1, 0.15) is 40.5 Å². The van der Waals surface area contributed by atoms with Crippen LogP contribution in [-0.2, 0) is 0 Å². The van der Waals surface area contributed by atoms with Crippen molar-refractivity contribution in [3.8, 4) is 0 Å². The SMILES string of the molecule is CCNCC(C)CN(CC1CC1)C(C)C. The number of hydrogen-bond acceptors (Lipinski definition) is 2. The Kier molecular flexibility index (Phi) is 5.62. The van der Waals surface area contributed by atoms with E-state index >= 15 is 0 Å². The molecule has 0 aromatic rings. The Balaban J connectivity index is 2.22. The highest BCUT2D eigenvalue weighted by Gasteiger charge is 2.25. The molecule has 0 aliphatic heterocycles. The van der Waals surface area contributed by atoms with E-state index in [4.69, 9.17) is 0 Å². The van der Waals surface area contributed by atoms with Gasteiger partial charge >= 0.3 is 0 Å². The summed E-state index contributed by atoms with van der Waals surface area (Å²) in [5, 5.41) is 3.43. The summed E-state index contributed by atoms with van der Waals surface area (Å²) in [6.07, 6.45) is 2.93. The van der Waals surface area contributed by atoms with Crippen LogP contribution in [0.25, 0.3) is 0 Å². The molecule has 1 aliphatic carbocycles. The van der Waals surface area contributed by atoms with E-state index < -0.39 is 0 Å². The fraction of sp³-hybridized carbons (Fsp3) is 1.00. The van der Waals surface area contributed by atoms with E-state index in [2.05, 4.69) is 37.9 Å². The monoisotopic (exact) mass is 212 g/mol. The van der Waals surface area contributed by atoms with Crippen LogP contribution in [-0.4, -0.2) is 37.1 Å². The zero-order chi connectivity index (χ0) is 11.3. The molecule has 1 aliphatic rings. The fourth-order valence-electron chi connectivity index (χ4n) is 1.98. The molecular weight excluding hydrogens is 184 g/mol. The van der Waals surface area contributed by atoms with Crippen molar-refractivity contribution in [2.75, 3.05) is 26.2 Å². The van der Waals surface area contributed by atoms with Gasteiger partial charge in [-0.15, -0.1) is 0 Å². The Morgan fingerprint density at radius 3 is 2.40 bits per heavy atom. The highest BCUT2D eigenvalue weighted by Crippen LogP contribution is 2.30. The van der Waals surface area contributed by atoms with Gasteiger partial charge in [-0.05, 0) is 51.6 Å². The number of nitrogens with one attached hydrogen (secondary N) is 1. The van der Waals surface area contributed by atoms with Crippen LogP contribution < -0.4 is 5.32 Å². The molecule has 15 heavy (non-hydrogen) atoms. The van der Waals surface area contributed by atoms with Gasteiger partial charge in [-0.1, -0.05) is 13.8 Å². The van der Waals surface area contributed by atoms with Gasteiger partial charge in [0.25, 0.3) is 0 Å². The number of nitrogens with zero attached hydrogens (tertiary/aromatic N) is 1. The van der Waals surface area contributed by atoms with Crippen LogP contribution in [0.4, 0.5) is 0 Å². The first-order valence-electron chi connectivity index (χ1n) is 6.58. The van der Waals surface area contributed by atoms with Gasteiger partial charge in [-0.3, -0.25) is 0 Å². The molecule has 0 aromatic heterocycles. The largest absolute Gasteiger partial charge is 0.317 e. The van der Waals surface area contributed by atoms with Crippen molar-refractivity contribution in [2.45, 2.75) is 46.6 Å². The van der Waals surface area contributed by atoms with E-state index in [9.17, 15) is 0 Å². The second-order valence-corrected chi connectivity index (χ2v) is 5.40. The van der Waals surface area contributed by atoms with Crippen molar-refractivity contribution >= 4 is 0 Å². The minimum Gasteiger partial charge on any atom is -0.317 e. The van der Waals surface area contributed by atoms with Gasteiger partial charge in [0.2, 0.25) is 0 Å². The summed E-state index contributed by atoms with van der Waals surface area (Å²) in [6, 6.07) is 0.703. The quantitative estimate of drug-likeness (QED) is 0.664. The molecule has 0 bridgehead atoms. The molecule has 1 unspecified atom stereocenters. The molecule has 0 spiro atoms. The molecule has 0 aromatic carbocycles. The molecule has 1 rings (SSSR count). The Labute approximate surface area is 95.4 Å². The van der Waals surface area contributed by atoms with Crippen molar-refractivity contribution < 1.29 is 0 Å². The Morgan fingerprint density at radius 1 is 1.27 bits per heavy atom. The molecule has 2 heteroatoms. The first-order valence-corrected chi connectivity index (χ1v) is 6.58. The number of rotatable bonds is 8. The minimum atomic E-state index is 0.703. The zero-order valence-electron chi connectivity index (χ0n) is 10.9. The summed E-state index contributed by atoms with van der Waals surface area (Å²) in [5.74, 6) is 1.78. The van der Waals surface area contributed by atoms with E-state index in [1.54, 1.807) is 0 Å². The summed E-state index contributed by atoms with van der Waals surface area (Å²) in [5.41, 5.74) is 0.